The van der Waals surface area contributed by atoms with E-state index in [-0.39, 0.29) is 6.42 Å². The molecule has 0 aromatic heterocycles. The Morgan fingerprint density at radius 3 is 2.47 bits per heavy atom. The van der Waals surface area contributed by atoms with Crippen LogP contribution >= 0.6 is 0 Å². The van der Waals surface area contributed by atoms with E-state index in [0.717, 1.165) is 0 Å². The van der Waals surface area contributed by atoms with Crippen molar-refractivity contribution in [2.24, 2.45) is 5.92 Å². The Hall–Kier alpha value is -0.790. The molecule has 0 aliphatic carbocycles. The highest BCUT2D eigenvalue weighted by Gasteiger charge is 1.98. The topological polar surface area (TPSA) is 37.3 Å². The van der Waals surface area contributed by atoms with E-state index in [1.807, 2.05) is 6.08 Å². The Morgan fingerprint density at radius 2 is 1.82 bits per heavy atom. The van der Waals surface area contributed by atoms with Crippen LogP contribution in [0.4, 0.5) is 0 Å². The average Bonchev–Trinajstić information content (AvgIpc) is 2.29. The number of rotatable bonds is 11. The number of hydrogen-bond acceptors (Lipinski definition) is 1. The molecule has 0 aromatic rings. The van der Waals surface area contributed by atoms with Crippen LogP contribution in [-0.4, -0.2) is 11.1 Å². The van der Waals surface area contributed by atoms with Crippen molar-refractivity contribution < 1.29 is 9.90 Å². The van der Waals surface area contributed by atoms with Gasteiger partial charge in [-0.1, -0.05) is 64.5 Å². The number of allylic oxidation sites excluding steroid dienone is 2. The van der Waals surface area contributed by atoms with Crippen LogP contribution in [0.15, 0.2) is 12.2 Å². The summed E-state index contributed by atoms with van der Waals surface area (Å²) in [5, 5.41) is 8.49. The molecule has 0 fully saturated rings. The highest BCUT2D eigenvalue weighted by Crippen LogP contribution is 2.13. The van der Waals surface area contributed by atoms with Crippen molar-refractivity contribution in [3.63, 3.8) is 0 Å². The molecule has 100 valence electrons. The average molecular weight is 240 g/mol. The van der Waals surface area contributed by atoms with Crippen LogP contribution < -0.4 is 0 Å². The highest BCUT2D eigenvalue weighted by molar-refractivity contribution is 5.66. The lowest BCUT2D eigenvalue weighted by molar-refractivity contribution is -0.136. The molecule has 0 amide bonds. The van der Waals surface area contributed by atoms with Crippen LogP contribution in [0.25, 0.3) is 0 Å². The van der Waals surface area contributed by atoms with Crippen molar-refractivity contribution in [2.75, 3.05) is 0 Å². The molecule has 0 radical (unpaired) electrons. The van der Waals surface area contributed by atoms with Crippen LogP contribution in [0.5, 0.6) is 0 Å². The number of unbranched alkanes of at least 4 members (excludes halogenated alkanes) is 5. The second-order valence-corrected chi connectivity index (χ2v) is 4.89. The number of hydrogen-bond donors (Lipinski definition) is 1. The summed E-state index contributed by atoms with van der Waals surface area (Å²) in [4.78, 5) is 10.3. The molecule has 1 atom stereocenters. The minimum atomic E-state index is -0.710. The number of carbonyl (C=O) groups is 1. The molecule has 0 aliphatic rings. The monoisotopic (exact) mass is 240 g/mol. The van der Waals surface area contributed by atoms with Gasteiger partial charge >= 0.3 is 5.97 Å². The van der Waals surface area contributed by atoms with Crippen molar-refractivity contribution in [3.8, 4) is 0 Å². The predicted octanol–water partition coefficient (Wildman–Crippen LogP) is 4.79. The van der Waals surface area contributed by atoms with Crippen LogP contribution in [0.3, 0.4) is 0 Å². The minimum Gasteiger partial charge on any atom is -0.481 e. The molecule has 0 aliphatic heterocycles. The molecule has 0 bridgehead atoms. The molecule has 17 heavy (non-hydrogen) atoms. The molecule has 2 heteroatoms. The fourth-order valence-corrected chi connectivity index (χ4v) is 1.88. The molecule has 0 aromatic carbocycles. The van der Waals surface area contributed by atoms with Gasteiger partial charge < -0.3 is 5.11 Å². The second kappa shape index (κ2) is 11.7. The van der Waals surface area contributed by atoms with E-state index in [1.165, 1.54) is 44.9 Å². The molecule has 0 spiro atoms. The summed E-state index contributed by atoms with van der Waals surface area (Å²) < 4.78 is 0. The molecule has 1 N–H and O–H groups in total. The summed E-state index contributed by atoms with van der Waals surface area (Å²) in [6, 6.07) is 0. The van der Waals surface area contributed by atoms with Gasteiger partial charge in [-0.2, -0.15) is 0 Å². The van der Waals surface area contributed by atoms with Crippen molar-refractivity contribution in [1.82, 2.24) is 0 Å². The Balaban J connectivity index is 3.33. The normalized spacial score (nSPS) is 13.1. The summed E-state index contributed by atoms with van der Waals surface area (Å²) in [5.41, 5.74) is 0. The summed E-state index contributed by atoms with van der Waals surface area (Å²) in [5.74, 6) is -0.117. The van der Waals surface area contributed by atoms with Crippen LogP contribution in [-0.2, 0) is 4.79 Å². The maximum atomic E-state index is 10.3. The SMILES string of the molecule is CCCCCCCCC(C)C=CCCC(=O)O. The highest BCUT2D eigenvalue weighted by atomic mass is 16.4. The Morgan fingerprint density at radius 1 is 1.18 bits per heavy atom. The fraction of sp³-hybridized carbons (Fsp3) is 0.800. The first kappa shape index (κ1) is 16.2. The van der Waals surface area contributed by atoms with E-state index >= 15 is 0 Å². The molecular weight excluding hydrogens is 212 g/mol. The van der Waals surface area contributed by atoms with Crippen LogP contribution in [0, 0.1) is 5.92 Å². The van der Waals surface area contributed by atoms with Gasteiger partial charge in [0, 0.05) is 6.42 Å². The first-order valence-electron chi connectivity index (χ1n) is 7.05. The Labute approximate surface area is 106 Å². The Bertz CT molecular complexity index is 209. The lowest BCUT2D eigenvalue weighted by Gasteiger charge is -2.05. The van der Waals surface area contributed by atoms with Gasteiger partial charge in [0.1, 0.15) is 0 Å². The molecule has 0 rings (SSSR count). The van der Waals surface area contributed by atoms with Crippen LogP contribution in [0.1, 0.15) is 71.6 Å². The zero-order chi connectivity index (χ0) is 12.9. The third kappa shape index (κ3) is 13.1. The lowest BCUT2D eigenvalue weighted by Crippen LogP contribution is -1.93. The summed E-state index contributed by atoms with van der Waals surface area (Å²) >= 11 is 0. The van der Waals surface area contributed by atoms with E-state index in [2.05, 4.69) is 19.9 Å². The maximum Gasteiger partial charge on any atom is 0.303 e. The van der Waals surface area contributed by atoms with Crippen molar-refractivity contribution in [2.45, 2.75) is 71.6 Å². The second-order valence-electron chi connectivity index (χ2n) is 4.89. The van der Waals surface area contributed by atoms with Crippen molar-refractivity contribution in [1.29, 1.82) is 0 Å². The largest absolute Gasteiger partial charge is 0.481 e. The van der Waals surface area contributed by atoms with Gasteiger partial charge in [0.25, 0.3) is 0 Å². The van der Waals surface area contributed by atoms with Crippen molar-refractivity contribution in [3.05, 3.63) is 12.2 Å². The van der Waals surface area contributed by atoms with E-state index in [4.69, 9.17) is 5.11 Å². The van der Waals surface area contributed by atoms with Gasteiger partial charge in [0.15, 0.2) is 0 Å². The first-order chi connectivity index (χ1) is 8.16. The smallest absolute Gasteiger partial charge is 0.303 e. The van der Waals surface area contributed by atoms with Gasteiger partial charge in [0.2, 0.25) is 0 Å². The van der Waals surface area contributed by atoms with Crippen LogP contribution in [0.2, 0.25) is 0 Å². The standard InChI is InChI=1S/C15H28O2/c1-3-4-5-6-7-8-11-14(2)12-9-10-13-15(16)17/h9,12,14H,3-8,10-11,13H2,1-2H3,(H,16,17). The van der Waals surface area contributed by atoms with Gasteiger partial charge in [-0.25, -0.2) is 0 Å². The van der Waals surface area contributed by atoms with E-state index < -0.39 is 5.97 Å². The molecule has 0 saturated heterocycles. The van der Waals surface area contributed by atoms with Gasteiger partial charge in [-0.3, -0.25) is 4.79 Å². The maximum absolute atomic E-state index is 10.3. The van der Waals surface area contributed by atoms with E-state index in [1.54, 1.807) is 0 Å². The minimum absolute atomic E-state index is 0.250. The molecule has 2 nitrogen and oxygen atoms in total. The van der Waals surface area contributed by atoms with Gasteiger partial charge in [0.05, 0.1) is 0 Å². The third-order valence-electron chi connectivity index (χ3n) is 3.00. The summed E-state index contributed by atoms with van der Waals surface area (Å²) in [6.45, 7) is 4.45. The zero-order valence-corrected chi connectivity index (χ0v) is 11.5. The summed E-state index contributed by atoms with van der Waals surface area (Å²) in [7, 11) is 0. The first-order valence-corrected chi connectivity index (χ1v) is 7.05. The molecule has 0 heterocycles. The van der Waals surface area contributed by atoms with Crippen molar-refractivity contribution >= 4 is 5.97 Å². The van der Waals surface area contributed by atoms with E-state index in [0.29, 0.717) is 12.3 Å². The van der Waals surface area contributed by atoms with Gasteiger partial charge in [-0.05, 0) is 18.8 Å². The fourth-order valence-electron chi connectivity index (χ4n) is 1.88. The third-order valence-corrected chi connectivity index (χ3v) is 3.00. The number of carboxylic acids is 1. The number of carboxylic acid groups (broad SMARTS) is 1. The quantitative estimate of drug-likeness (QED) is 0.416. The molecule has 1 unspecified atom stereocenters. The summed E-state index contributed by atoms with van der Waals surface area (Å²) in [6.07, 6.45) is 14.4. The lowest BCUT2D eigenvalue weighted by atomic mass is 10.0. The molecule has 0 saturated carbocycles. The zero-order valence-electron chi connectivity index (χ0n) is 11.5. The number of aliphatic carboxylic acids is 1. The predicted molar refractivity (Wildman–Crippen MR) is 73.2 cm³/mol. The Kier molecular flexibility index (Phi) is 11.1. The molecular formula is C15H28O2. The van der Waals surface area contributed by atoms with E-state index in [9.17, 15) is 4.79 Å². The van der Waals surface area contributed by atoms with Gasteiger partial charge in [-0.15, -0.1) is 0 Å².